The van der Waals surface area contributed by atoms with Crippen LogP contribution in [0, 0.1) is 0 Å². The molecule has 0 aliphatic rings. The van der Waals surface area contributed by atoms with E-state index in [1.54, 1.807) is 0 Å². The number of allylic oxidation sites excluding steroid dienone is 10. The minimum atomic E-state index is -0.801. The number of carbonyl (C=O) groups is 2. The highest BCUT2D eigenvalue weighted by molar-refractivity contribution is 5.77. The van der Waals surface area contributed by atoms with Crippen molar-refractivity contribution in [2.45, 2.75) is 309 Å². The molecule has 0 heterocycles. The van der Waals surface area contributed by atoms with Crippen LogP contribution < -0.4 is 5.32 Å². The molecule has 0 fully saturated rings. The van der Waals surface area contributed by atoms with Crippen molar-refractivity contribution in [3.63, 3.8) is 0 Å². The maximum Gasteiger partial charge on any atom is 0.306 e. The fourth-order valence-corrected chi connectivity index (χ4v) is 8.65. The molecule has 67 heavy (non-hydrogen) atoms. The molecule has 0 aromatic heterocycles. The molecule has 0 rings (SSSR count). The van der Waals surface area contributed by atoms with Gasteiger partial charge in [-0.3, -0.25) is 9.59 Å². The van der Waals surface area contributed by atoms with Crippen molar-refractivity contribution in [2.75, 3.05) is 6.61 Å². The van der Waals surface area contributed by atoms with Crippen LogP contribution in [0.1, 0.15) is 290 Å². The molecule has 0 radical (unpaired) electrons. The first-order valence-corrected chi connectivity index (χ1v) is 29.0. The Morgan fingerprint density at radius 2 is 0.761 bits per heavy atom. The van der Waals surface area contributed by atoms with Gasteiger partial charge in [0.2, 0.25) is 5.91 Å². The average molecular weight is 939 g/mol. The second kappa shape index (κ2) is 54.5. The second-order valence-corrected chi connectivity index (χ2v) is 19.7. The molecule has 6 heteroatoms. The molecular weight excluding hydrogens is 827 g/mol. The highest BCUT2D eigenvalue weighted by atomic mass is 16.5. The van der Waals surface area contributed by atoms with Crippen molar-refractivity contribution < 1.29 is 24.5 Å². The first-order chi connectivity index (χ1) is 33.0. The van der Waals surface area contributed by atoms with Crippen LogP contribution in [0.5, 0.6) is 0 Å². The van der Waals surface area contributed by atoms with Crippen molar-refractivity contribution >= 4 is 11.9 Å². The van der Waals surface area contributed by atoms with Gasteiger partial charge in [-0.1, -0.05) is 248 Å². The summed E-state index contributed by atoms with van der Waals surface area (Å²) in [5.41, 5.74) is 0. The van der Waals surface area contributed by atoms with Gasteiger partial charge in [0.15, 0.2) is 0 Å². The molecule has 0 aromatic carbocycles. The number of hydrogen-bond acceptors (Lipinski definition) is 5. The molecule has 0 bridgehead atoms. The Kier molecular flexibility index (Phi) is 52.5. The monoisotopic (exact) mass is 938 g/mol. The van der Waals surface area contributed by atoms with Crippen LogP contribution in [-0.2, 0) is 14.3 Å². The van der Waals surface area contributed by atoms with Crippen molar-refractivity contribution in [2.24, 2.45) is 0 Å². The van der Waals surface area contributed by atoms with E-state index in [1.165, 1.54) is 167 Å². The van der Waals surface area contributed by atoms with Crippen molar-refractivity contribution in [3.8, 4) is 0 Å². The minimum absolute atomic E-state index is 0.0502. The SMILES string of the molecule is CCCCC/C=C\C/C=C\C/C=C\C/C=C\CCCC(=O)OC(CCCCCCC/C=C/CCCCCCCC)CC(=O)NC(CO)C(O)CCCCCCCCCCCCCCCCCC. The number of nitrogens with one attached hydrogen (secondary N) is 1. The smallest absolute Gasteiger partial charge is 0.306 e. The molecule has 3 N–H and O–H groups in total. The molecule has 0 aliphatic heterocycles. The standard InChI is InChI=1S/C61H111NO5/c1-4-7-10-13-16-19-22-25-28-30-33-36-39-42-45-48-51-54-61(66)67-57(52-49-46-43-40-37-34-31-27-24-21-18-15-12-9-6-3)55-60(65)62-58(56-63)59(64)53-50-47-44-41-38-35-32-29-26-23-20-17-14-11-8-5-2/h16,19,25,27-28,31,33,36,42,45,57-59,63-64H,4-15,17-18,20-24,26,29-30,32,34-35,37-41,43-44,46-56H2,1-3H3,(H,62,65)/b19-16-,28-25-,31-27+,36-33-,45-42-. The number of esters is 1. The van der Waals surface area contributed by atoms with E-state index in [0.717, 1.165) is 70.6 Å². The third kappa shape index (κ3) is 49.8. The normalized spacial score (nSPS) is 13.6. The van der Waals surface area contributed by atoms with Gasteiger partial charge in [0.25, 0.3) is 0 Å². The lowest BCUT2D eigenvalue weighted by Crippen LogP contribution is -2.46. The molecule has 0 saturated carbocycles. The van der Waals surface area contributed by atoms with Gasteiger partial charge in [0.1, 0.15) is 6.10 Å². The van der Waals surface area contributed by atoms with Crippen LogP contribution in [0.3, 0.4) is 0 Å². The van der Waals surface area contributed by atoms with Gasteiger partial charge in [-0.15, -0.1) is 0 Å². The lowest BCUT2D eigenvalue weighted by molar-refractivity contribution is -0.151. The number of hydrogen-bond donors (Lipinski definition) is 3. The number of ether oxygens (including phenoxy) is 1. The molecule has 0 aromatic rings. The molecule has 0 spiro atoms. The largest absolute Gasteiger partial charge is 0.462 e. The van der Waals surface area contributed by atoms with Gasteiger partial charge < -0.3 is 20.3 Å². The highest BCUT2D eigenvalue weighted by Gasteiger charge is 2.24. The van der Waals surface area contributed by atoms with Crippen LogP contribution in [0.25, 0.3) is 0 Å². The summed E-state index contributed by atoms with van der Waals surface area (Å²) in [4.78, 5) is 26.3. The summed E-state index contributed by atoms with van der Waals surface area (Å²) in [6, 6.07) is -0.717. The summed E-state index contributed by atoms with van der Waals surface area (Å²) in [7, 11) is 0. The summed E-state index contributed by atoms with van der Waals surface area (Å²) in [5, 5.41) is 23.9. The first-order valence-electron chi connectivity index (χ1n) is 29.0. The Bertz CT molecular complexity index is 1190. The van der Waals surface area contributed by atoms with Crippen LogP contribution in [0.4, 0.5) is 0 Å². The Hall–Kier alpha value is -2.44. The van der Waals surface area contributed by atoms with Crippen LogP contribution >= 0.6 is 0 Å². The second-order valence-electron chi connectivity index (χ2n) is 19.7. The first kappa shape index (κ1) is 64.6. The van der Waals surface area contributed by atoms with Crippen LogP contribution in [0.15, 0.2) is 60.8 Å². The zero-order valence-corrected chi connectivity index (χ0v) is 44.5. The minimum Gasteiger partial charge on any atom is -0.462 e. The third-order valence-corrected chi connectivity index (χ3v) is 13.1. The summed E-state index contributed by atoms with van der Waals surface area (Å²) in [6.45, 7) is 6.46. The quantitative estimate of drug-likeness (QED) is 0.0321. The van der Waals surface area contributed by atoms with Gasteiger partial charge in [0, 0.05) is 6.42 Å². The van der Waals surface area contributed by atoms with E-state index in [4.69, 9.17) is 4.74 Å². The summed E-state index contributed by atoms with van der Waals surface area (Å²) in [6.07, 6.45) is 68.6. The Morgan fingerprint density at radius 3 is 1.19 bits per heavy atom. The van der Waals surface area contributed by atoms with E-state index >= 15 is 0 Å². The van der Waals surface area contributed by atoms with Gasteiger partial charge in [0.05, 0.1) is 25.2 Å². The fraction of sp³-hybridized carbons (Fsp3) is 0.803. The molecule has 1 amide bonds. The predicted octanol–water partition coefficient (Wildman–Crippen LogP) is 18.0. The zero-order valence-electron chi connectivity index (χ0n) is 44.5. The highest BCUT2D eigenvalue weighted by Crippen LogP contribution is 2.18. The number of carbonyl (C=O) groups excluding carboxylic acids is 2. The molecule has 6 nitrogen and oxygen atoms in total. The van der Waals surface area contributed by atoms with Crippen LogP contribution in [0.2, 0.25) is 0 Å². The van der Waals surface area contributed by atoms with E-state index in [2.05, 4.69) is 86.8 Å². The van der Waals surface area contributed by atoms with Gasteiger partial charge in [-0.2, -0.15) is 0 Å². The van der Waals surface area contributed by atoms with Gasteiger partial charge >= 0.3 is 5.97 Å². The van der Waals surface area contributed by atoms with Crippen molar-refractivity contribution in [1.29, 1.82) is 0 Å². The molecule has 0 aliphatic carbocycles. The van der Waals surface area contributed by atoms with E-state index in [9.17, 15) is 19.8 Å². The van der Waals surface area contributed by atoms with Crippen LogP contribution in [-0.4, -0.2) is 46.9 Å². The lowest BCUT2D eigenvalue weighted by atomic mass is 10.0. The summed E-state index contributed by atoms with van der Waals surface area (Å²) in [5.74, 6) is -0.541. The summed E-state index contributed by atoms with van der Waals surface area (Å²) < 4.78 is 5.93. The maximum atomic E-state index is 13.3. The number of aliphatic hydroxyl groups is 2. The molecule has 3 unspecified atom stereocenters. The van der Waals surface area contributed by atoms with Crippen molar-refractivity contribution in [3.05, 3.63) is 60.8 Å². The number of rotatable bonds is 52. The number of unbranched alkanes of at least 4 members (excludes halogenated alkanes) is 30. The molecule has 0 saturated heterocycles. The maximum absolute atomic E-state index is 13.3. The third-order valence-electron chi connectivity index (χ3n) is 13.1. The topological polar surface area (TPSA) is 95.9 Å². The van der Waals surface area contributed by atoms with Gasteiger partial charge in [-0.05, 0) is 89.9 Å². The van der Waals surface area contributed by atoms with Crippen molar-refractivity contribution in [1.82, 2.24) is 5.32 Å². The Morgan fingerprint density at radius 1 is 0.433 bits per heavy atom. The Balaban J connectivity index is 4.64. The zero-order chi connectivity index (χ0) is 48.8. The lowest BCUT2D eigenvalue weighted by Gasteiger charge is -2.24. The van der Waals surface area contributed by atoms with Gasteiger partial charge in [-0.25, -0.2) is 0 Å². The molecule has 390 valence electrons. The van der Waals surface area contributed by atoms with E-state index < -0.39 is 18.2 Å². The molecular formula is C61H111NO5. The summed E-state index contributed by atoms with van der Waals surface area (Å²) >= 11 is 0. The predicted molar refractivity (Wildman–Crippen MR) is 292 cm³/mol. The van der Waals surface area contributed by atoms with E-state index in [0.29, 0.717) is 25.7 Å². The van der Waals surface area contributed by atoms with E-state index in [1.807, 2.05) is 0 Å². The Labute approximate surface area is 416 Å². The molecule has 3 atom stereocenters. The van der Waals surface area contributed by atoms with E-state index in [-0.39, 0.29) is 24.9 Å². The number of amides is 1. The number of aliphatic hydroxyl groups excluding tert-OH is 2. The fourth-order valence-electron chi connectivity index (χ4n) is 8.65. The average Bonchev–Trinajstić information content (AvgIpc) is 3.32.